The molecule has 25 heavy (non-hydrogen) atoms. The number of rotatable bonds is 8. The number of hydrogen-bond acceptors (Lipinski definition) is 1. The third kappa shape index (κ3) is 5.63. The van der Waals surface area contributed by atoms with Crippen molar-refractivity contribution in [3.63, 3.8) is 0 Å². The highest BCUT2D eigenvalue weighted by Crippen LogP contribution is 2.35. The quantitative estimate of drug-likeness (QED) is 0.523. The molecular formula is C24H33N. The number of hydrogen-bond donors (Lipinski definition) is 1. The second-order valence-corrected chi connectivity index (χ2v) is 7.74. The van der Waals surface area contributed by atoms with Gasteiger partial charge >= 0.3 is 0 Å². The summed E-state index contributed by atoms with van der Waals surface area (Å²) in [5.41, 5.74) is 4.29. The second kappa shape index (κ2) is 9.65. The Morgan fingerprint density at radius 3 is 2.44 bits per heavy atom. The van der Waals surface area contributed by atoms with Crippen molar-refractivity contribution < 1.29 is 0 Å². The molecule has 1 unspecified atom stereocenters. The van der Waals surface area contributed by atoms with E-state index in [1.807, 2.05) is 0 Å². The summed E-state index contributed by atoms with van der Waals surface area (Å²) in [4.78, 5) is 0. The standard InChI is InChI=1S/C24H33N/c1-20(19-22-13-6-3-7-14-22)23-16-8-9-17-24(23)25-18-10-15-21-11-4-2-5-12-21/h2,4-5,8-9,11-12,16-17,20,22,25H,3,6-7,10,13-15,18-19H2,1H3. The molecule has 1 heteroatoms. The molecule has 0 saturated heterocycles. The molecule has 0 bridgehead atoms. The van der Waals surface area contributed by atoms with E-state index in [0.717, 1.165) is 18.9 Å². The van der Waals surface area contributed by atoms with E-state index in [2.05, 4.69) is 66.8 Å². The van der Waals surface area contributed by atoms with Crippen LogP contribution in [0.3, 0.4) is 0 Å². The summed E-state index contributed by atoms with van der Waals surface area (Å²) in [6.07, 6.45) is 10.9. The van der Waals surface area contributed by atoms with Crippen molar-refractivity contribution in [2.24, 2.45) is 5.92 Å². The van der Waals surface area contributed by atoms with Crippen LogP contribution in [-0.2, 0) is 6.42 Å². The zero-order valence-corrected chi connectivity index (χ0v) is 15.7. The van der Waals surface area contributed by atoms with Crippen LogP contribution in [-0.4, -0.2) is 6.54 Å². The maximum absolute atomic E-state index is 3.70. The summed E-state index contributed by atoms with van der Waals surface area (Å²) in [6, 6.07) is 19.7. The predicted octanol–water partition coefficient (Wildman–Crippen LogP) is 6.81. The molecule has 1 fully saturated rings. The minimum Gasteiger partial charge on any atom is -0.385 e. The van der Waals surface area contributed by atoms with Gasteiger partial charge in [-0.15, -0.1) is 0 Å². The average molecular weight is 336 g/mol. The van der Waals surface area contributed by atoms with E-state index in [1.54, 1.807) is 0 Å². The van der Waals surface area contributed by atoms with Crippen LogP contribution in [0.1, 0.15) is 68.9 Å². The van der Waals surface area contributed by atoms with E-state index in [9.17, 15) is 0 Å². The molecule has 2 aromatic carbocycles. The first kappa shape index (κ1) is 18.0. The number of anilines is 1. The molecule has 0 amide bonds. The van der Waals surface area contributed by atoms with Crippen LogP contribution < -0.4 is 5.32 Å². The lowest BCUT2D eigenvalue weighted by atomic mass is 9.81. The van der Waals surface area contributed by atoms with Crippen LogP contribution in [0.5, 0.6) is 0 Å². The van der Waals surface area contributed by atoms with Crippen LogP contribution in [0.2, 0.25) is 0 Å². The van der Waals surface area contributed by atoms with Crippen molar-refractivity contribution in [3.05, 3.63) is 65.7 Å². The van der Waals surface area contributed by atoms with E-state index in [-0.39, 0.29) is 0 Å². The number of benzene rings is 2. The Labute approximate surface area is 153 Å². The highest BCUT2D eigenvalue weighted by atomic mass is 14.9. The van der Waals surface area contributed by atoms with E-state index in [4.69, 9.17) is 0 Å². The van der Waals surface area contributed by atoms with Gasteiger partial charge < -0.3 is 5.32 Å². The largest absolute Gasteiger partial charge is 0.385 e. The topological polar surface area (TPSA) is 12.0 Å². The molecule has 0 spiro atoms. The van der Waals surface area contributed by atoms with Crippen molar-refractivity contribution in [1.29, 1.82) is 0 Å². The minimum atomic E-state index is 0.654. The van der Waals surface area contributed by atoms with Gasteiger partial charge in [-0.1, -0.05) is 87.6 Å². The summed E-state index contributed by atoms with van der Waals surface area (Å²) in [5.74, 6) is 1.59. The molecule has 1 aliphatic rings. The van der Waals surface area contributed by atoms with Crippen LogP contribution in [0.4, 0.5) is 5.69 Å². The molecule has 0 heterocycles. The smallest absolute Gasteiger partial charge is 0.0375 e. The number of nitrogens with one attached hydrogen (secondary N) is 1. The first-order chi connectivity index (χ1) is 12.3. The van der Waals surface area contributed by atoms with Crippen molar-refractivity contribution >= 4 is 5.69 Å². The first-order valence-electron chi connectivity index (χ1n) is 10.2. The van der Waals surface area contributed by atoms with E-state index in [1.165, 1.54) is 61.8 Å². The molecule has 1 saturated carbocycles. The number of aryl methyl sites for hydroxylation is 1. The van der Waals surface area contributed by atoms with Gasteiger partial charge in [-0.25, -0.2) is 0 Å². The fourth-order valence-corrected chi connectivity index (χ4v) is 4.30. The van der Waals surface area contributed by atoms with Gasteiger partial charge in [-0.05, 0) is 48.3 Å². The highest BCUT2D eigenvalue weighted by molar-refractivity contribution is 5.52. The normalized spacial score (nSPS) is 16.5. The molecule has 1 atom stereocenters. The van der Waals surface area contributed by atoms with Crippen molar-refractivity contribution in [3.8, 4) is 0 Å². The van der Waals surface area contributed by atoms with Gasteiger partial charge in [0.25, 0.3) is 0 Å². The van der Waals surface area contributed by atoms with Crippen LogP contribution >= 0.6 is 0 Å². The fraction of sp³-hybridized carbons (Fsp3) is 0.500. The maximum Gasteiger partial charge on any atom is 0.0375 e. The molecule has 3 rings (SSSR count). The lowest BCUT2D eigenvalue weighted by Crippen LogP contribution is -2.12. The Kier molecular flexibility index (Phi) is 6.97. The van der Waals surface area contributed by atoms with Crippen molar-refractivity contribution in [2.75, 3.05) is 11.9 Å². The predicted molar refractivity (Wildman–Crippen MR) is 109 cm³/mol. The third-order valence-electron chi connectivity index (χ3n) is 5.70. The van der Waals surface area contributed by atoms with Gasteiger partial charge in [-0.2, -0.15) is 0 Å². The van der Waals surface area contributed by atoms with Gasteiger partial charge in [-0.3, -0.25) is 0 Å². The third-order valence-corrected chi connectivity index (χ3v) is 5.70. The van der Waals surface area contributed by atoms with E-state index < -0.39 is 0 Å². The zero-order chi connectivity index (χ0) is 17.3. The lowest BCUT2D eigenvalue weighted by Gasteiger charge is -2.26. The average Bonchev–Trinajstić information content (AvgIpc) is 2.67. The Balaban J connectivity index is 1.51. The fourth-order valence-electron chi connectivity index (χ4n) is 4.30. The van der Waals surface area contributed by atoms with Gasteiger partial charge in [0.05, 0.1) is 0 Å². The molecule has 0 aromatic heterocycles. The summed E-state index contributed by atoms with van der Waals surface area (Å²) in [5, 5.41) is 3.70. The summed E-state index contributed by atoms with van der Waals surface area (Å²) in [7, 11) is 0. The summed E-state index contributed by atoms with van der Waals surface area (Å²) in [6.45, 7) is 3.46. The van der Waals surface area contributed by atoms with Gasteiger partial charge in [0.2, 0.25) is 0 Å². The molecule has 134 valence electrons. The molecule has 1 N–H and O–H groups in total. The molecule has 0 aliphatic heterocycles. The van der Waals surface area contributed by atoms with Gasteiger partial charge in [0, 0.05) is 12.2 Å². The summed E-state index contributed by atoms with van der Waals surface area (Å²) >= 11 is 0. The highest BCUT2D eigenvalue weighted by Gasteiger charge is 2.18. The van der Waals surface area contributed by atoms with Crippen molar-refractivity contribution in [2.45, 2.75) is 64.2 Å². The molecule has 1 nitrogen and oxygen atoms in total. The molecule has 1 aliphatic carbocycles. The second-order valence-electron chi connectivity index (χ2n) is 7.74. The van der Waals surface area contributed by atoms with Gasteiger partial charge in [0.1, 0.15) is 0 Å². The van der Waals surface area contributed by atoms with Crippen LogP contribution in [0, 0.1) is 5.92 Å². The van der Waals surface area contributed by atoms with E-state index >= 15 is 0 Å². The first-order valence-corrected chi connectivity index (χ1v) is 10.2. The lowest BCUT2D eigenvalue weighted by molar-refractivity contribution is 0.323. The Morgan fingerprint density at radius 2 is 1.64 bits per heavy atom. The Bertz CT molecular complexity index is 613. The zero-order valence-electron chi connectivity index (χ0n) is 15.7. The minimum absolute atomic E-state index is 0.654. The maximum atomic E-state index is 3.70. The van der Waals surface area contributed by atoms with E-state index in [0.29, 0.717) is 5.92 Å². The Hall–Kier alpha value is -1.76. The van der Waals surface area contributed by atoms with Crippen LogP contribution in [0.25, 0.3) is 0 Å². The molecular weight excluding hydrogens is 302 g/mol. The van der Waals surface area contributed by atoms with Crippen molar-refractivity contribution in [1.82, 2.24) is 0 Å². The summed E-state index contributed by atoms with van der Waals surface area (Å²) < 4.78 is 0. The Morgan fingerprint density at radius 1 is 0.920 bits per heavy atom. The van der Waals surface area contributed by atoms with Crippen LogP contribution in [0.15, 0.2) is 54.6 Å². The SMILES string of the molecule is CC(CC1CCCCC1)c1ccccc1NCCCc1ccccc1. The molecule has 0 radical (unpaired) electrons. The monoisotopic (exact) mass is 335 g/mol. The molecule has 2 aromatic rings. The number of para-hydroxylation sites is 1. The van der Waals surface area contributed by atoms with Gasteiger partial charge in [0.15, 0.2) is 0 Å².